The maximum Gasteiger partial charge on any atom is 0.208 e. The molecule has 0 aliphatic carbocycles. The average Bonchev–Trinajstić information content (AvgIpc) is 2.62. The molecule has 1 N–H and O–H groups in total. The average molecular weight is 227 g/mol. The maximum absolute atomic E-state index is 10.7. The van der Waals surface area contributed by atoms with Gasteiger partial charge in [0.2, 0.25) is 5.16 Å². The summed E-state index contributed by atoms with van der Waals surface area (Å²) in [5.74, 6) is 1.92. The van der Waals surface area contributed by atoms with Crippen LogP contribution in [0.15, 0.2) is 5.16 Å². The van der Waals surface area contributed by atoms with E-state index in [1.165, 1.54) is 11.8 Å². The maximum atomic E-state index is 10.7. The Labute approximate surface area is 94.3 Å². The topological polar surface area (TPSA) is 58.6 Å². The number of aryl methyl sites for hydroxylation is 1. The number of ketones is 1. The lowest BCUT2D eigenvalue weighted by atomic mass is 10.2. The zero-order chi connectivity index (χ0) is 11.1. The molecule has 1 aromatic heterocycles. The molecule has 0 atom stereocenters. The second-order valence-electron chi connectivity index (χ2n) is 3.47. The van der Waals surface area contributed by atoms with Crippen molar-refractivity contribution in [3.05, 3.63) is 5.82 Å². The molecule has 4 nitrogen and oxygen atoms in total. The van der Waals surface area contributed by atoms with Gasteiger partial charge in [0.15, 0.2) is 0 Å². The highest BCUT2D eigenvalue weighted by molar-refractivity contribution is 7.99. The molecule has 0 unspecified atom stereocenters. The minimum atomic E-state index is 0.212. The Balaban J connectivity index is 2.29. The highest BCUT2D eigenvalue weighted by atomic mass is 32.2. The van der Waals surface area contributed by atoms with Crippen molar-refractivity contribution >= 4 is 17.5 Å². The Kier molecular flexibility index (Phi) is 5.39. The summed E-state index contributed by atoms with van der Waals surface area (Å²) in [5, 5.41) is 7.75. The standard InChI is InChI=1S/C10H17N3OS/c1-3-4-5-9-11-10(13-12-9)15-7-6-8(2)14/h3-7H2,1-2H3,(H,11,12,13). The third kappa shape index (κ3) is 4.97. The van der Waals surface area contributed by atoms with Crippen molar-refractivity contribution < 1.29 is 4.79 Å². The van der Waals surface area contributed by atoms with Gasteiger partial charge in [-0.2, -0.15) is 0 Å². The van der Waals surface area contributed by atoms with Gasteiger partial charge in [0.25, 0.3) is 0 Å². The number of hydrogen-bond acceptors (Lipinski definition) is 4. The van der Waals surface area contributed by atoms with E-state index in [2.05, 4.69) is 22.1 Å². The Morgan fingerprint density at radius 2 is 2.33 bits per heavy atom. The molecule has 0 amide bonds. The molecule has 0 saturated heterocycles. The molecule has 0 aliphatic heterocycles. The first kappa shape index (κ1) is 12.2. The molecule has 84 valence electrons. The number of hydrogen-bond donors (Lipinski definition) is 1. The van der Waals surface area contributed by atoms with E-state index in [4.69, 9.17) is 0 Å². The smallest absolute Gasteiger partial charge is 0.208 e. The van der Waals surface area contributed by atoms with Crippen LogP contribution in [0.3, 0.4) is 0 Å². The van der Waals surface area contributed by atoms with Crippen molar-refractivity contribution in [1.29, 1.82) is 0 Å². The van der Waals surface area contributed by atoms with Crippen LogP contribution in [-0.2, 0) is 11.2 Å². The van der Waals surface area contributed by atoms with Gasteiger partial charge in [0, 0.05) is 18.6 Å². The van der Waals surface area contributed by atoms with Gasteiger partial charge in [-0.3, -0.25) is 9.89 Å². The normalized spacial score (nSPS) is 10.5. The number of Topliss-reactive ketones (excluding diaryl/α,β-unsaturated/α-hetero) is 1. The number of carbonyl (C=O) groups excluding carboxylic acids is 1. The van der Waals surface area contributed by atoms with Crippen molar-refractivity contribution in [3.8, 4) is 0 Å². The summed E-state index contributed by atoms with van der Waals surface area (Å²) in [6.45, 7) is 3.75. The van der Waals surface area contributed by atoms with Crippen LogP contribution < -0.4 is 0 Å². The summed E-state index contributed by atoms with van der Waals surface area (Å²) in [4.78, 5) is 15.0. The van der Waals surface area contributed by atoms with E-state index in [0.29, 0.717) is 6.42 Å². The number of aromatic nitrogens is 3. The zero-order valence-electron chi connectivity index (χ0n) is 9.25. The molecule has 0 bridgehead atoms. The fraction of sp³-hybridized carbons (Fsp3) is 0.700. The molecular formula is C10H17N3OS. The minimum Gasteiger partial charge on any atom is -0.300 e. The van der Waals surface area contributed by atoms with Crippen LogP contribution in [0.25, 0.3) is 0 Å². The summed E-state index contributed by atoms with van der Waals surface area (Å²) < 4.78 is 0. The highest BCUT2D eigenvalue weighted by Crippen LogP contribution is 2.14. The predicted octanol–water partition coefficient (Wildman–Crippen LogP) is 2.22. The molecule has 0 saturated carbocycles. The summed E-state index contributed by atoms with van der Waals surface area (Å²) in [6.07, 6.45) is 3.83. The van der Waals surface area contributed by atoms with E-state index >= 15 is 0 Å². The molecule has 0 radical (unpaired) electrons. The van der Waals surface area contributed by atoms with Gasteiger partial charge in [0.05, 0.1) is 0 Å². The van der Waals surface area contributed by atoms with Crippen molar-refractivity contribution in [1.82, 2.24) is 15.2 Å². The second kappa shape index (κ2) is 6.61. The highest BCUT2D eigenvalue weighted by Gasteiger charge is 2.03. The molecule has 0 spiro atoms. The van der Waals surface area contributed by atoms with Crippen molar-refractivity contribution in [2.75, 3.05) is 5.75 Å². The minimum absolute atomic E-state index is 0.212. The number of nitrogens with zero attached hydrogens (tertiary/aromatic N) is 2. The van der Waals surface area contributed by atoms with Crippen LogP contribution in [0.4, 0.5) is 0 Å². The number of aromatic amines is 1. The molecule has 0 aliphatic rings. The van der Waals surface area contributed by atoms with Crippen LogP contribution in [0.2, 0.25) is 0 Å². The molecule has 0 aromatic carbocycles. The zero-order valence-corrected chi connectivity index (χ0v) is 10.1. The van der Waals surface area contributed by atoms with E-state index in [1.807, 2.05) is 0 Å². The van der Waals surface area contributed by atoms with Crippen LogP contribution in [0.1, 0.15) is 38.9 Å². The lowest BCUT2D eigenvalue weighted by Crippen LogP contribution is -1.92. The molecule has 15 heavy (non-hydrogen) atoms. The first-order chi connectivity index (χ1) is 7.22. The summed E-state index contributed by atoms with van der Waals surface area (Å²) in [5.41, 5.74) is 0. The van der Waals surface area contributed by atoms with E-state index in [0.717, 1.165) is 36.0 Å². The van der Waals surface area contributed by atoms with E-state index in [1.54, 1.807) is 6.92 Å². The van der Waals surface area contributed by atoms with Gasteiger partial charge in [0.1, 0.15) is 11.6 Å². The fourth-order valence-corrected chi connectivity index (χ4v) is 1.94. The molecule has 1 heterocycles. The van der Waals surface area contributed by atoms with Gasteiger partial charge in [-0.1, -0.05) is 25.1 Å². The van der Waals surface area contributed by atoms with Crippen molar-refractivity contribution in [3.63, 3.8) is 0 Å². The predicted molar refractivity (Wildman–Crippen MR) is 61.0 cm³/mol. The van der Waals surface area contributed by atoms with Crippen LogP contribution in [0.5, 0.6) is 0 Å². The van der Waals surface area contributed by atoms with Crippen LogP contribution in [0, 0.1) is 0 Å². The SMILES string of the molecule is CCCCc1nc(SCCC(C)=O)n[nH]1. The Bertz CT molecular complexity index is 311. The second-order valence-corrected chi connectivity index (χ2v) is 4.53. The third-order valence-electron chi connectivity index (χ3n) is 1.96. The fourth-order valence-electron chi connectivity index (χ4n) is 1.08. The van der Waals surface area contributed by atoms with E-state index < -0.39 is 0 Å². The molecule has 5 heteroatoms. The van der Waals surface area contributed by atoms with Gasteiger partial charge in [-0.05, 0) is 13.3 Å². The van der Waals surface area contributed by atoms with Gasteiger partial charge >= 0.3 is 0 Å². The molecule has 0 fully saturated rings. The summed E-state index contributed by atoms with van der Waals surface area (Å²) >= 11 is 1.53. The molecule has 1 aromatic rings. The van der Waals surface area contributed by atoms with Crippen molar-refractivity contribution in [2.24, 2.45) is 0 Å². The quantitative estimate of drug-likeness (QED) is 0.726. The lowest BCUT2D eigenvalue weighted by molar-refractivity contribution is -0.116. The summed E-state index contributed by atoms with van der Waals surface area (Å²) in [6, 6.07) is 0. The van der Waals surface area contributed by atoms with Crippen molar-refractivity contribution in [2.45, 2.75) is 44.7 Å². The first-order valence-corrected chi connectivity index (χ1v) is 6.24. The summed E-state index contributed by atoms with van der Waals surface area (Å²) in [7, 11) is 0. The number of nitrogens with one attached hydrogen (secondary N) is 1. The largest absolute Gasteiger partial charge is 0.300 e. The van der Waals surface area contributed by atoms with Gasteiger partial charge in [-0.15, -0.1) is 5.10 Å². The Morgan fingerprint density at radius 3 is 3.00 bits per heavy atom. The number of thioether (sulfide) groups is 1. The van der Waals surface area contributed by atoms with Crippen LogP contribution >= 0.6 is 11.8 Å². The third-order valence-corrected chi connectivity index (χ3v) is 2.81. The molecule has 1 rings (SSSR count). The van der Waals surface area contributed by atoms with Gasteiger partial charge < -0.3 is 0 Å². The Hall–Kier alpha value is -0.840. The van der Waals surface area contributed by atoms with E-state index in [-0.39, 0.29) is 5.78 Å². The first-order valence-electron chi connectivity index (χ1n) is 5.26. The lowest BCUT2D eigenvalue weighted by Gasteiger charge is -1.92. The number of rotatable bonds is 7. The molecular weight excluding hydrogens is 210 g/mol. The van der Waals surface area contributed by atoms with E-state index in [9.17, 15) is 4.79 Å². The van der Waals surface area contributed by atoms with Crippen LogP contribution in [-0.4, -0.2) is 26.7 Å². The number of carbonyl (C=O) groups is 1. The number of unbranched alkanes of at least 4 members (excludes halogenated alkanes) is 1. The monoisotopic (exact) mass is 227 g/mol. The Morgan fingerprint density at radius 1 is 1.53 bits per heavy atom. The number of H-pyrrole nitrogens is 1. The van der Waals surface area contributed by atoms with Gasteiger partial charge in [-0.25, -0.2) is 4.98 Å².